The predicted molar refractivity (Wildman–Crippen MR) is 49.7 cm³/mol. The average Bonchev–Trinajstić information content (AvgIpc) is 2.03. The molecule has 0 aliphatic carbocycles. The van der Waals surface area contributed by atoms with Crippen LogP contribution in [-0.2, 0) is 22.4 Å². The molecule has 1 N–H and O–H groups in total. The van der Waals surface area contributed by atoms with Crippen LogP contribution < -0.4 is 0 Å². The SMILES string of the molecule is CCCCCCCCCCO.[Nb]. The van der Waals surface area contributed by atoms with Crippen molar-refractivity contribution in [1.29, 1.82) is 0 Å². The Labute approximate surface area is 92.5 Å². The maximum absolute atomic E-state index is 8.51. The van der Waals surface area contributed by atoms with Gasteiger partial charge < -0.3 is 5.11 Å². The van der Waals surface area contributed by atoms with E-state index in [2.05, 4.69) is 6.92 Å². The van der Waals surface area contributed by atoms with Gasteiger partial charge >= 0.3 is 0 Å². The Bertz CT molecular complexity index is 58.9. The van der Waals surface area contributed by atoms with Gasteiger partial charge in [0, 0.05) is 29.0 Å². The zero-order chi connectivity index (χ0) is 8.36. The first kappa shape index (κ1) is 15.2. The Morgan fingerprint density at radius 3 is 1.58 bits per heavy atom. The van der Waals surface area contributed by atoms with E-state index in [1.54, 1.807) is 0 Å². The molecular formula is C10H22NbO. The second-order valence-corrected chi connectivity index (χ2v) is 3.20. The van der Waals surface area contributed by atoms with Gasteiger partial charge in [-0.1, -0.05) is 51.9 Å². The summed E-state index contributed by atoms with van der Waals surface area (Å²) in [5, 5.41) is 8.51. The van der Waals surface area contributed by atoms with Crippen LogP contribution in [0.25, 0.3) is 0 Å². The van der Waals surface area contributed by atoms with Gasteiger partial charge in [0.05, 0.1) is 0 Å². The number of hydrogen-bond donors (Lipinski definition) is 1. The molecule has 0 bridgehead atoms. The van der Waals surface area contributed by atoms with Crippen LogP contribution in [0.5, 0.6) is 0 Å². The van der Waals surface area contributed by atoms with Crippen LogP contribution in [0, 0.1) is 0 Å². The fourth-order valence-corrected chi connectivity index (χ4v) is 1.25. The van der Waals surface area contributed by atoms with E-state index < -0.39 is 0 Å². The van der Waals surface area contributed by atoms with E-state index in [1.807, 2.05) is 0 Å². The summed E-state index contributed by atoms with van der Waals surface area (Å²) in [7, 11) is 0. The molecule has 0 atom stereocenters. The molecule has 0 aliphatic heterocycles. The fraction of sp³-hybridized carbons (Fsp3) is 1.00. The first-order valence-corrected chi connectivity index (χ1v) is 5.02. The molecule has 12 heavy (non-hydrogen) atoms. The molecule has 0 aliphatic rings. The van der Waals surface area contributed by atoms with Gasteiger partial charge in [-0.2, -0.15) is 0 Å². The van der Waals surface area contributed by atoms with Crippen molar-refractivity contribution in [1.82, 2.24) is 0 Å². The molecule has 0 aromatic carbocycles. The maximum atomic E-state index is 8.51. The van der Waals surface area contributed by atoms with Gasteiger partial charge in [-0.15, -0.1) is 0 Å². The first-order valence-electron chi connectivity index (χ1n) is 5.02. The second-order valence-electron chi connectivity index (χ2n) is 3.20. The molecular weight excluding hydrogens is 229 g/mol. The molecule has 0 unspecified atom stereocenters. The van der Waals surface area contributed by atoms with Gasteiger partial charge in [-0.25, -0.2) is 0 Å². The summed E-state index contributed by atoms with van der Waals surface area (Å²) in [5.74, 6) is 0. The van der Waals surface area contributed by atoms with Gasteiger partial charge in [0.25, 0.3) is 0 Å². The second kappa shape index (κ2) is 14.2. The molecule has 73 valence electrons. The minimum Gasteiger partial charge on any atom is -0.396 e. The summed E-state index contributed by atoms with van der Waals surface area (Å²) in [5.41, 5.74) is 0. The van der Waals surface area contributed by atoms with Crippen LogP contribution in [0.15, 0.2) is 0 Å². The normalized spacial score (nSPS) is 9.50. The molecule has 0 saturated carbocycles. The average molecular weight is 251 g/mol. The van der Waals surface area contributed by atoms with E-state index in [4.69, 9.17) is 5.11 Å². The summed E-state index contributed by atoms with van der Waals surface area (Å²) in [4.78, 5) is 0. The molecule has 0 heterocycles. The Morgan fingerprint density at radius 1 is 0.750 bits per heavy atom. The number of rotatable bonds is 8. The molecule has 1 radical (unpaired) electrons. The van der Waals surface area contributed by atoms with Gasteiger partial charge in [0.1, 0.15) is 0 Å². The molecule has 0 aromatic heterocycles. The predicted octanol–water partition coefficient (Wildman–Crippen LogP) is 3.12. The monoisotopic (exact) mass is 251 g/mol. The summed E-state index contributed by atoms with van der Waals surface area (Å²) in [6.07, 6.45) is 10.4. The summed E-state index contributed by atoms with van der Waals surface area (Å²) in [6, 6.07) is 0. The smallest absolute Gasteiger partial charge is 0.0431 e. The van der Waals surface area contributed by atoms with E-state index in [0.717, 1.165) is 6.42 Å². The van der Waals surface area contributed by atoms with Crippen LogP contribution in [-0.4, -0.2) is 11.7 Å². The van der Waals surface area contributed by atoms with Crippen molar-refractivity contribution in [3.63, 3.8) is 0 Å². The Kier molecular flexibility index (Phi) is 18.0. The minimum absolute atomic E-state index is 0. The van der Waals surface area contributed by atoms with Gasteiger partial charge in [0.15, 0.2) is 0 Å². The van der Waals surface area contributed by atoms with Crippen molar-refractivity contribution < 1.29 is 27.5 Å². The van der Waals surface area contributed by atoms with Crippen LogP contribution in [0.3, 0.4) is 0 Å². The van der Waals surface area contributed by atoms with E-state index in [9.17, 15) is 0 Å². The summed E-state index contributed by atoms with van der Waals surface area (Å²) >= 11 is 0. The van der Waals surface area contributed by atoms with Crippen molar-refractivity contribution in [3.05, 3.63) is 0 Å². The molecule has 1 nitrogen and oxygen atoms in total. The molecule has 0 rings (SSSR count). The molecule has 2 heteroatoms. The molecule has 0 spiro atoms. The zero-order valence-electron chi connectivity index (χ0n) is 8.26. The molecule has 0 saturated heterocycles. The number of hydrogen-bond acceptors (Lipinski definition) is 1. The largest absolute Gasteiger partial charge is 0.396 e. The minimum atomic E-state index is 0. The molecule has 0 fully saturated rings. The van der Waals surface area contributed by atoms with Crippen molar-refractivity contribution in [2.24, 2.45) is 0 Å². The van der Waals surface area contributed by atoms with Crippen molar-refractivity contribution >= 4 is 0 Å². The molecule has 0 aromatic rings. The Morgan fingerprint density at radius 2 is 1.17 bits per heavy atom. The van der Waals surface area contributed by atoms with Crippen molar-refractivity contribution in [2.45, 2.75) is 58.3 Å². The maximum Gasteiger partial charge on any atom is 0.0431 e. The van der Waals surface area contributed by atoms with Gasteiger partial charge in [0.2, 0.25) is 0 Å². The van der Waals surface area contributed by atoms with E-state index in [-0.39, 0.29) is 22.4 Å². The van der Waals surface area contributed by atoms with E-state index in [1.165, 1.54) is 44.9 Å². The van der Waals surface area contributed by atoms with Crippen molar-refractivity contribution in [2.75, 3.05) is 6.61 Å². The van der Waals surface area contributed by atoms with Crippen molar-refractivity contribution in [3.8, 4) is 0 Å². The van der Waals surface area contributed by atoms with Gasteiger partial charge in [-0.05, 0) is 6.42 Å². The van der Waals surface area contributed by atoms with Crippen LogP contribution in [0.4, 0.5) is 0 Å². The van der Waals surface area contributed by atoms with Crippen LogP contribution >= 0.6 is 0 Å². The quantitative estimate of drug-likeness (QED) is 0.519. The number of unbranched alkanes of at least 4 members (excludes halogenated alkanes) is 7. The van der Waals surface area contributed by atoms with Gasteiger partial charge in [-0.3, -0.25) is 0 Å². The first-order chi connectivity index (χ1) is 5.41. The fourth-order valence-electron chi connectivity index (χ4n) is 1.25. The third-order valence-electron chi connectivity index (χ3n) is 2.01. The summed E-state index contributed by atoms with van der Waals surface area (Å²) in [6.45, 7) is 2.61. The standard InChI is InChI=1S/C10H22O.Nb/c1-2-3-4-5-6-7-8-9-10-11;/h11H,2-10H2,1H3;. The topological polar surface area (TPSA) is 20.2 Å². The van der Waals surface area contributed by atoms with E-state index >= 15 is 0 Å². The summed E-state index contributed by atoms with van der Waals surface area (Å²) < 4.78 is 0. The third kappa shape index (κ3) is 13.3. The Hall–Kier alpha value is 0.700. The Balaban J connectivity index is 0. The zero-order valence-corrected chi connectivity index (χ0v) is 10.5. The van der Waals surface area contributed by atoms with Crippen LogP contribution in [0.2, 0.25) is 0 Å². The number of aliphatic hydroxyl groups excluding tert-OH is 1. The van der Waals surface area contributed by atoms with Crippen LogP contribution in [0.1, 0.15) is 58.3 Å². The molecule has 0 amide bonds. The third-order valence-corrected chi connectivity index (χ3v) is 2.01. The number of aliphatic hydroxyl groups is 1. The van der Waals surface area contributed by atoms with E-state index in [0.29, 0.717) is 6.61 Å².